The van der Waals surface area contributed by atoms with Crippen molar-refractivity contribution in [1.29, 1.82) is 0 Å². The van der Waals surface area contributed by atoms with Gasteiger partial charge in [-0.05, 0) is 0 Å². The maximum absolute atomic E-state index is 10.7. The van der Waals surface area contributed by atoms with Gasteiger partial charge in [-0.1, -0.05) is 0 Å². The van der Waals surface area contributed by atoms with Crippen LogP contribution >= 0.6 is 0 Å². The SMILES string of the molecule is COC1COC(=O)CC1OC. The first-order valence-corrected chi connectivity index (χ1v) is 3.49. The van der Waals surface area contributed by atoms with Crippen LogP contribution in [0.3, 0.4) is 0 Å². The molecule has 11 heavy (non-hydrogen) atoms. The summed E-state index contributed by atoms with van der Waals surface area (Å²) in [6.45, 7) is 0.299. The number of cyclic esters (lactones) is 1. The molecule has 2 unspecified atom stereocenters. The van der Waals surface area contributed by atoms with E-state index < -0.39 is 0 Å². The maximum atomic E-state index is 10.7. The van der Waals surface area contributed by atoms with Crippen LogP contribution in [0.4, 0.5) is 0 Å². The minimum absolute atomic E-state index is 0.113. The lowest BCUT2D eigenvalue weighted by Gasteiger charge is -2.28. The lowest BCUT2D eigenvalue weighted by atomic mass is 10.1. The number of hydrogen-bond donors (Lipinski definition) is 0. The summed E-state index contributed by atoms with van der Waals surface area (Å²) >= 11 is 0. The number of carbonyl (C=O) groups is 1. The van der Waals surface area contributed by atoms with Crippen molar-refractivity contribution in [3.8, 4) is 0 Å². The molecule has 0 amide bonds. The van der Waals surface area contributed by atoms with Crippen LogP contribution in [0.25, 0.3) is 0 Å². The zero-order chi connectivity index (χ0) is 8.27. The maximum Gasteiger partial charge on any atom is 0.308 e. The molecule has 1 fully saturated rings. The van der Waals surface area contributed by atoms with Crippen LogP contribution in [-0.2, 0) is 19.0 Å². The van der Waals surface area contributed by atoms with Gasteiger partial charge in [0.25, 0.3) is 0 Å². The van der Waals surface area contributed by atoms with E-state index >= 15 is 0 Å². The fourth-order valence-electron chi connectivity index (χ4n) is 1.09. The molecule has 1 heterocycles. The average molecular weight is 160 g/mol. The Morgan fingerprint density at radius 1 is 1.36 bits per heavy atom. The number of hydrogen-bond acceptors (Lipinski definition) is 4. The third kappa shape index (κ3) is 1.91. The van der Waals surface area contributed by atoms with Gasteiger partial charge in [-0.15, -0.1) is 0 Å². The van der Waals surface area contributed by atoms with Crippen LogP contribution in [0.15, 0.2) is 0 Å². The van der Waals surface area contributed by atoms with Gasteiger partial charge < -0.3 is 14.2 Å². The minimum atomic E-state index is -0.217. The van der Waals surface area contributed by atoms with Crippen LogP contribution in [0.1, 0.15) is 6.42 Å². The van der Waals surface area contributed by atoms with Gasteiger partial charge in [-0.2, -0.15) is 0 Å². The number of ether oxygens (including phenoxy) is 3. The molecule has 1 rings (SSSR count). The Labute approximate surface area is 65.4 Å². The van der Waals surface area contributed by atoms with Crippen molar-refractivity contribution in [2.24, 2.45) is 0 Å². The molecule has 4 heteroatoms. The number of methoxy groups -OCH3 is 2. The third-order valence-electron chi connectivity index (χ3n) is 1.80. The van der Waals surface area contributed by atoms with E-state index in [1.165, 1.54) is 0 Å². The molecule has 2 atom stereocenters. The van der Waals surface area contributed by atoms with Crippen LogP contribution < -0.4 is 0 Å². The second-order valence-corrected chi connectivity index (χ2v) is 2.44. The van der Waals surface area contributed by atoms with Gasteiger partial charge in [0.1, 0.15) is 12.7 Å². The van der Waals surface area contributed by atoms with Crippen molar-refractivity contribution in [2.45, 2.75) is 18.6 Å². The van der Waals surface area contributed by atoms with E-state index in [0.29, 0.717) is 6.61 Å². The Morgan fingerprint density at radius 2 is 2.00 bits per heavy atom. The van der Waals surface area contributed by atoms with E-state index in [1.54, 1.807) is 14.2 Å². The van der Waals surface area contributed by atoms with Crippen molar-refractivity contribution in [3.05, 3.63) is 0 Å². The molecule has 1 saturated heterocycles. The molecule has 0 saturated carbocycles. The first kappa shape index (κ1) is 8.49. The molecule has 0 spiro atoms. The number of esters is 1. The van der Waals surface area contributed by atoms with Gasteiger partial charge in [0.15, 0.2) is 0 Å². The smallest absolute Gasteiger partial charge is 0.308 e. The highest BCUT2D eigenvalue weighted by Crippen LogP contribution is 2.14. The molecule has 0 aliphatic carbocycles. The monoisotopic (exact) mass is 160 g/mol. The van der Waals surface area contributed by atoms with Gasteiger partial charge in [0.2, 0.25) is 0 Å². The fraction of sp³-hybridized carbons (Fsp3) is 0.857. The predicted molar refractivity (Wildman–Crippen MR) is 37.2 cm³/mol. The van der Waals surface area contributed by atoms with Gasteiger partial charge in [-0.25, -0.2) is 0 Å². The third-order valence-corrected chi connectivity index (χ3v) is 1.80. The van der Waals surface area contributed by atoms with Gasteiger partial charge in [0, 0.05) is 14.2 Å². The largest absolute Gasteiger partial charge is 0.463 e. The van der Waals surface area contributed by atoms with Crippen molar-refractivity contribution in [1.82, 2.24) is 0 Å². The second-order valence-electron chi connectivity index (χ2n) is 2.44. The summed E-state index contributed by atoms with van der Waals surface area (Å²) in [6, 6.07) is 0. The molecule has 64 valence electrons. The zero-order valence-corrected chi connectivity index (χ0v) is 6.70. The van der Waals surface area contributed by atoms with E-state index in [-0.39, 0.29) is 24.6 Å². The standard InChI is InChI=1S/C7H12O4/c1-9-5-3-7(8)11-4-6(5)10-2/h5-6H,3-4H2,1-2H3. The minimum Gasteiger partial charge on any atom is -0.463 e. The van der Waals surface area contributed by atoms with E-state index in [0.717, 1.165) is 0 Å². The molecule has 0 aromatic carbocycles. The van der Waals surface area contributed by atoms with E-state index in [1.807, 2.05) is 0 Å². The molecule has 0 aromatic heterocycles. The highest BCUT2D eigenvalue weighted by Gasteiger charge is 2.30. The fourth-order valence-corrected chi connectivity index (χ4v) is 1.09. The molecule has 1 aliphatic rings. The number of rotatable bonds is 2. The average Bonchev–Trinajstić information content (AvgIpc) is 2.04. The highest BCUT2D eigenvalue weighted by molar-refractivity contribution is 5.70. The lowest BCUT2D eigenvalue weighted by molar-refractivity contribution is -0.168. The topological polar surface area (TPSA) is 44.8 Å². The van der Waals surface area contributed by atoms with Crippen LogP contribution in [0, 0.1) is 0 Å². The Hall–Kier alpha value is -0.610. The van der Waals surface area contributed by atoms with Crippen molar-refractivity contribution in [2.75, 3.05) is 20.8 Å². The van der Waals surface area contributed by atoms with E-state index in [4.69, 9.17) is 14.2 Å². The summed E-state index contributed by atoms with van der Waals surface area (Å²) in [4.78, 5) is 10.7. The van der Waals surface area contributed by atoms with Crippen molar-refractivity contribution in [3.63, 3.8) is 0 Å². The van der Waals surface area contributed by atoms with Gasteiger partial charge in [0.05, 0.1) is 12.5 Å². The first-order chi connectivity index (χ1) is 5.27. The lowest BCUT2D eigenvalue weighted by Crippen LogP contribution is -2.41. The number of carbonyl (C=O) groups excluding carboxylic acids is 1. The highest BCUT2D eigenvalue weighted by atomic mass is 16.6. The predicted octanol–water partition coefficient (Wildman–Crippen LogP) is -0.0367. The summed E-state index contributed by atoms with van der Waals surface area (Å²) in [6.07, 6.45) is 0.0219. The van der Waals surface area contributed by atoms with Crippen molar-refractivity contribution >= 4 is 5.97 Å². The summed E-state index contributed by atoms with van der Waals surface area (Å²) in [7, 11) is 3.14. The van der Waals surface area contributed by atoms with Crippen LogP contribution in [0.5, 0.6) is 0 Å². The normalized spacial score (nSPS) is 31.6. The van der Waals surface area contributed by atoms with E-state index in [2.05, 4.69) is 0 Å². The molecule has 0 aromatic rings. The molecule has 0 radical (unpaired) electrons. The summed E-state index contributed by atoms with van der Waals surface area (Å²) < 4.78 is 14.8. The summed E-state index contributed by atoms with van der Waals surface area (Å²) in [5.41, 5.74) is 0. The molecule has 0 N–H and O–H groups in total. The van der Waals surface area contributed by atoms with Gasteiger partial charge >= 0.3 is 5.97 Å². The summed E-state index contributed by atoms with van der Waals surface area (Å²) in [5, 5.41) is 0. The first-order valence-electron chi connectivity index (χ1n) is 3.49. The molecule has 0 bridgehead atoms. The molecule has 1 aliphatic heterocycles. The quantitative estimate of drug-likeness (QED) is 0.532. The Morgan fingerprint density at radius 3 is 2.55 bits per heavy atom. The zero-order valence-electron chi connectivity index (χ0n) is 6.70. The van der Waals surface area contributed by atoms with Gasteiger partial charge in [-0.3, -0.25) is 4.79 Å². The Kier molecular flexibility index (Phi) is 2.84. The summed E-state index contributed by atoms with van der Waals surface area (Å²) in [5.74, 6) is -0.217. The second kappa shape index (κ2) is 3.69. The molecule has 4 nitrogen and oxygen atoms in total. The van der Waals surface area contributed by atoms with Crippen molar-refractivity contribution < 1.29 is 19.0 Å². The Balaban J connectivity index is 2.48. The van der Waals surface area contributed by atoms with E-state index in [9.17, 15) is 4.79 Å². The molecular weight excluding hydrogens is 148 g/mol. The Bertz CT molecular complexity index is 145. The van der Waals surface area contributed by atoms with Crippen LogP contribution in [-0.4, -0.2) is 39.0 Å². The van der Waals surface area contributed by atoms with Crippen LogP contribution in [0.2, 0.25) is 0 Å². The molecular formula is C7H12O4.